The molecular weight excluding hydrogens is 380 g/mol. The molecule has 0 fully saturated rings. The van der Waals surface area contributed by atoms with E-state index in [0.717, 1.165) is 34.5 Å². The number of amides is 1. The van der Waals surface area contributed by atoms with Crippen LogP contribution < -0.4 is 5.32 Å². The van der Waals surface area contributed by atoms with Crippen molar-refractivity contribution < 1.29 is 13.2 Å². The molecule has 138 valence electrons. The van der Waals surface area contributed by atoms with Crippen LogP contribution in [0.2, 0.25) is 0 Å². The van der Waals surface area contributed by atoms with Gasteiger partial charge in [0.25, 0.3) is 0 Å². The number of anilines is 1. The number of hydrogen-bond donors (Lipinski definition) is 1. The second kappa shape index (κ2) is 6.90. The van der Waals surface area contributed by atoms with Gasteiger partial charge in [-0.2, -0.15) is 0 Å². The molecule has 0 radical (unpaired) electrons. The Morgan fingerprint density at radius 1 is 1.11 bits per heavy atom. The van der Waals surface area contributed by atoms with Crippen LogP contribution in [0.5, 0.6) is 0 Å². The van der Waals surface area contributed by atoms with E-state index in [-0.39, 0.29) is 4.90 Å². The van der Waals surface area contributed by atoms with Crippen LogP contribution in [0.4, 0.5) is 5.13 Å². The molecule has 0 aliphatic heterocycles. The van der Waals surface area contributed by atoms with E-state index in [0.29, 0.717) is 5.13 Å². The summed E-state index contributed by atoms with van der Waals surface area (Å²) in [7, 11) is -3.68. The van der Waals surface area contributed by atoms with Crippen LogP contribution in [-0.2, 0) is 27.5 Å². The molecular formula is C20H18N2O3S2. The Bertz CT molecular complexity index is 1120. The quantitative estimate of drug-likeness (QED) is 0.728. The van der Waals surface area contributed by atoms with Gasteiger partial charge in [0.15, 0.2) is 15.0 Å². The summed E-state index contributed by atoms with van der Waals surface area (Å²) in [6.45, 7) is 1.88. The van der Waals surface area contributed by atoms with Gasteiger partial charge in [0.1, 0.15) is 5.75 Å². The molecule has 1 N–H and O–H groups in total. The molecule has 0 atom stereocenters. The predicted octanol–water partition coefficient (Wildman–Crippen LogP) is 3.63. The Labute approximate surface area is 162 Å². The highest BCUT2D eigenvalue weighted by Gasteiger charge is 2.23. The van der Waals surface area contributed by atoms with Crippen LogP contribution in [0.25, 0.3) is 11.3 Å². The fourth-order valence-electron chi connectivity index (χ4n) is 3.16. The van der Waals surface area contributed by atoms with Gasteiger partial charge in [-0.3, -0.25) is 4.79 Å². The molecule has 27 heavy (non-hydrogen) atoms. The average Bonchev–Trinajstić information content (AvgIpc) is 3.04. The number of thiazole rings is 1. The summed E-state index contributed by atoms with van der Waals surface area (Å²) < 4.78 is 24.8. The highest BCUT2D eigenvalue weighted by atomic mass is 32.2. The summed E-state index contributed by atoms with van der Waals surface area (Å²) in [6, 6.07) is 14.6. The molecule has 2 aromatic carbocycles. The molecule has 0 unspecified atom stereocenters. The van der Waals surface area contributed by atoms with Crippen molar-refractivity contribution in [3.63, 3.8) is 0 Å². The highest BCUT2D eigenvalue weighted by Crippen LogP contribution is 2.37. The van der Waals surface area contributed by atoms with Crippen molar-refractivity contribution in [3.05, 3.63) is 64.5 Å². The zero-order chi connectivity index (χ0) is 19.0. The maximum absolute atomic E-state index is 12.4. The van der Waals surface area contributed by atoms with E-state index in [1.807, 2.05) is 25.1 Å². The minimum absolute atomic E-state index is 0.149. The van der Waals surface area contributed by atoms with Gasteiger partial charge in [-0.1, -0.05) is 42.0 Å². The predicted molar refractivity (Wildman–Crippen MR) is 107 cm³/mol. The van der Waals surface area contributed by atoms with Crippen molar-refractivity contribution in [2.24, 2.45) is 0 Å². The molecule has 0 bridgehead atoms. The van der Waals surface area contributed by atoms with Crippen molar-refractivity contribution in [1.29, 1.82) is 0 Å². The van der Waals surface area contributed by atoms with Crippen LogP contribution in [0.15, 0.2) is 53.4 Å². The smallest absolute Gasteiger partial charge is 0.241 e. The minimum Gasteiger partial charge on any atom is -0.301 e. The summed E-state index contributed by atoms with van der Waals surface area (Å²) in [5.41, 5.74) is 4.18. The van der Waals surface area contributed by atoms with Crippen LogP contribution >= 0.6 is 11.3 Å². The lowest BCUT2D eigenvalue weighted by molar-refractivity contribution is -0.113. The van der Waals surface area contributed by atoms with Crippen molar-refractivity contribution in [2.45, 2.75) is 24.7 Å². The molecule has 1 heterocycles. The van der Waals surface area contributed by atoms with Crippen LogP contribution in [-0.4, -0.2) is 25.1 Å². The SMILES string of the molecule is Cc1ccc(S(=O)(=O)CC(=O)Nc2nc3c(s2)CCc2ccccc2-3)cc1. The standard InChI is InChI=1S/C20H18N2O3S2/c1-13-6-9-15(10-7-13)27(24,25)12-18(23)21-20-22-19-16-5-3-2-4-14(16)8-11-17(19)26-20/h2-7,9-10H,8,11-12H2,1H3,(H,21,22,23). The number of benzene rings is 2. The molecule has 7 heteroatoms. The molecule has 4 rings (SSSR count). The molecule has 0 saturated carbocycles. The van der Waals surface area contributed by atoms with Crippen molar-refractivity contribution >= 4 is 32.2 Å². The number of carbonyl (C=O) groups excluding carboxylic acids is 1. The summed E-state index contributed by atoms with van der Waals surface area (Å²) in [4.78, 5) is 18.1. The number of aryl methyl sites for hydroxylation is 3. The molecule has 1 aliphatic rings. The summed E-state index contributed by atoms with van der Waals surface area (Å²) >= 11 is 1.41. The second-order valence-corrected chi connectivity index (χ2v) is 9.64. The van der Waals surface area contributed by atoms with Crippen molar-refractivity contribution in [3.8, 4) is 11.3 Å². The third-order valence-corrected chi connectivity index (χ3v) is 7.20. The van der Waals surface area contributed by atoms with E-state index in [2.05, 4.69) is 16.4 Å². The van der Waals surface area contributed by atoms with E-state index in [1.54, 1.807) is 12.1 Å². The maximum Gasteiger partial charge on any atom is 0.241 e. The lowest BCUT2D eigenvalue weighted by Crippen LogP contribution is -2.23. The summed E-state index contributed by atoms with van der Waals surface area (Å²) in [5, 5.41) is 3.10. The Kier molecular flexibility index (Phi) is 4.57. The van der Waals surface area contributed by atoms with Crippen LogP contribution in [0.3, 0.4) is 0 Å². The van der Waals surface area contributed by atoms with Crippen molar-refractivity contribution in [2.75, 3.05) is 11.1 Å². The van der Waals surface area contributed by atoms with Gasteiger partial charge in [-0.15, -0.1) is 11.3 Å². The van der Waals surface area contributed by atoms with Gasteiger partial charge >= 0.3 is 0 Å². The number of nitrogens with zero attached hydrogens (tertiary/aromatic N) is 1. The first-order chi connectivity index (χ1) is 12.9. The number of carbonyl (C=O) groups is 1. The van der Waals surface area contributed by atoms with Crippen molar-refractivity contribution in [1.82, 2.24) is 4.98 Å². The molecule has 1 amide bonds. The van der Waals surface area contributed by atoms with E-state index in [4.69, 9.17) is 0 Å². The summed E-state index contributed by atoms with van der Waals surface area (Å²) in [5.74, 6) is -1.17. The van der Waals surface area contributed by atoms with Gasteiger partial charge < -0.3 is 5.32 Å². The second-order valence-electron chi connectivity index (χ2n) is 6.57. The lowest BCUT2D eigenvalue weighted by Gasteiger charge is -2.13. The topological polar surface area (TPSA) is 76.1 Å². The third-order valence-electron chi connectivity index (χ3n) is 4.54. The molecule has 5 nitrogen and oxygen atoms in total. The summed E-state index contributed by atoms with van der Waals surface area (Å²) in [6.07, 6.45) is 1.82. The van der Waals surface area contributed by atoms with Crippen LogP contribution in [0, 0.1) is 6.92 Å². The van der Waals surface area contributed by atoms with Gasteiger partial charge in [-0.05, 0) is 37.5 Å². The first kappa shape index (κ1) is 17.9. The number of hydrogen-bond acceptors (Lipinski definition) is 5. The number of aromatic nitrogens is 1. The average molecular weight is 399 g/mol. The fourth-order valence-corrected chi connectivity index (χ4v) is 5.29. The zero-order valence-corrected chi connectivity index (χ0v) is 16.4. The normalized spacial score (nSPS) is 12.9. The fraction of sp³-hybridized carbons (Fsp3) is 0.200. The van der Waals surface area contributed by atoms with E-state index in [9.17, 15) is 13.2 Å². The Morgan fingerprint density at radius 3 is 2.63 bits per heavy atom. The Hall–Kier alpha value is -2.51. The highest BCUT2D eigenvalue weighted by molar-refractivity contribution is 7.92. The number of nitrogens with one attached hydrogen (secondary N) is 1. The number of rotatable bonds is 4. The lowest BCUT2D eigenvalue weighted by atomic mass is 9.94. The van der Waals surface area contributed by atoms with Gasteiger partial charge in [0.05, 0.1) is 10.6 Å². The third kappa shape index (κ3) is 3.65. The molecule has 0 spiro atoms. The number of fused-ring (bicyclic) bond motifs is 3. The minimum atomic E-state index is -3.68. The zero-order valence-electron chi connectivity index (χ0n) is 14.7. The van der Waals surface area contributed by atoms with E-state index in [1.165, 1.54) is 29.0 Å². The van der Waals surface area contributed by atoms with Gasteiger partial charge in [-0.25, -0.2) is 13.4 Å². The first-order valence-electron chi connectivity index (χ1n) is 8.60. The largest absolute Gasteiger partial charge is 0.301 e. The first-order valence-corrected chi connectivity index (χ1v) is 11.1. The van der Waals surface area contributed by atoms with E-state index >= 15 is 0 Å². The van der Waals surface area contributed by atoms with E-state index < -0.39 is 21.5 Å². The van der Waals surface area contributed by atoms with Gasteiger partial charge in [0.2, 0.25) is 5.91 Å². The molecule has 3 aromatic rings. The molecule has 1 aliphatic carbocycles. The monoisotopic (exact) mass is 398 g/mol. The molecule has 1 aromatic heterocycles. The van der Waals surface area contributed by atoms with Crippen LogP contribution in [0.1, 0.15) is 16.0 Å². The van der Waals surface area contributed by atoms with Gasteiger partial charge in [0, 0.05) is 10.4 Å². The maximum atomic E-state index is 12.4. The number of sulfone groups is 1. The Balaban J connectivity index is 1.51. The molecule has 0 saturated heterocycles. The Morgan fingerprint density at radius 2 is 1.85 bits per heavy atom.